The van der Waals surface area contributed by atoms with E-state index in [0.717, 1.165) is 41.8 Å². The van der Waals surface area contributed by atoms with Crippen LogP contribution >= 0.6 is 11.6 Å². The van der Waals surface area contributed by atoms with Gasteiger partial charge in [0, 0.05) is 23.2 Å². The van der Waals surface area contributed by atoms with E-state index in [9.17, 15) is 22.8 Å². The van der Waals surface area contributed by atoms with E-state index in [0.29, 0.717) is 10.6 Å². The Balaban J connectivity index is 1.90. The van der Waals surface area contributed by atoms with Crippen molar-refractivity contribution >= 4 is 44.9 Å². The molecule has 8 nitrogen and oxygen atoms in total. The summed E-state index contributed by atoms with van der Waals surface area (Å²) in [6, 6.07) is 12.3. The maximum absolute atomic E-state index is 13.6. The van der Waals surface area contributed by atoms with Gasteiger partial charge in [0.05, 0.1) is 11.9 Å². The van der Waals surface area contributed by atoms with Gasteiger partial charge < -0.3 is 10.2 Å². The van der Waals surface area contributed by atoms with Gasteiger partial charge in [0.1, 0.15) is 12.6 Å². The molecule has 10 heteroatoms. The monoisotopic (exact) mass is 533 g/mol. The number of benzene rings is 2. The summed E-state index contributed by atoms with van der Waals surface area (Å²) in [5.74, 6) is -1.05. The van der Waals surface area contributed by atoms with E-state index in [4.69, 9.17) is 11.6 Å². The number of amides is 2. The summed E-state index contributed by atoms with van der Waals surface area (Å²) in [5, 5.41) is 3.56. The van der Waals surface area contributed by atoms with Gasteiger partial charge in [-0.3, -0.25) is 18.7 Å². The molecule has 0 radical (unpaired) electrons. The summed E-state index contributed by atoms with van der Waals surface area (Å²) in [6.45, 7) is 2.60. The van der Waals surface area contributed by atoms with Crippen LogP contribution in [-0.2, 0) is 26.2 Å². The van der Waals surface area contributed by atoms with Crippen molar-refractivity contribution in [3.05, 3.63) is 64.7 Å². The normalized spacial score (nSPS) is 14.8. The van der Waals surface area contributed by atoms with E-state index in [-0.39, 0.29) is 30.0 Å². The van der Waals surface area contributed by atoms with Crippen LogP contribution in [0.5, 0.6) is 0 Å². The van der Waals surface area contributed by atoms with Crippen LogP contribution in [-0.4, -0.2) is 55.8 Å². The number of hydrogen-bond acceptors (Lipinski definition) is 5. The Bertz CT molecular complexity index is 1210. The number of nitrogens with one attached hydrogen (secondary N) is 1. The van der Waals surface area contributed by atoms with Gasteiger partial charge in [-0.1, -0.05) is 48.7 Å². The number of halogens is 1. The number of rotatable bonds is 10. The molecule has 1 aliphatic rings. The Morgan fingerprint density at radius 3 is 2.31 bits per heavy atom. The number of nitrogens with zero attached hydrogens (tertiary/aromatic N) is 2. The van der Waals surface area contributed by atoms with Crippen LogP contribution in [0.2, 0.25) is 5.02 Å². The molecule has 0 spiro atoms. The topological polar surface area (TPSA) is 104 Å². The van der Waals surface area contributed by atoms with E-state index < -0.39 is 28.5 Å². The van der Waals surface area contributed by atoms with Crippen molar-refractivity contribution in [1.29, 1.82) is 0 Å². The lowest BCUT2D eigenvalue weighted by molar-refractivity contribution is -0.139. The molecule has 1 saturated carbocycles. The zero-order valence-electron chi connectivity index (χ0n) is 20.7. The number of carbonyl (C=O) groups is 3. The lowest BCUT2D eigenvalue weighted by atomic mass is 10.1. The molecule has 36 heavy (non-hydrogen) atoms. The summed E-state index contributed by atoms with van der Waals surface area (Å²) < 4.78 is 26.3. The van der Waals surface area contributed by atoms with E-state index in [2.05, 4.69) is 5.32 Å². The molecule has 0 aromatic heterocycles. The number of hydrogen-bond donors (Lipinski definition) is 1. The highest BCUT2D eigenvalue weighted by atomic mass is 35.5. The molecule has 2 amide bonds. The van der Waals surface area contributed by atoms with Gasteiger partial charge in [0.25, 0.3) is 0 Å². The van der Waals surface area contributed by atoms with E-state index in [1.807, 2.05) is 0 Å². The van der Waals surface area contributed by atoms with Gasteiger partial charge in [-0.25, -0.2) is 8.42 Å². The van der Waals surface area contributed by atoms with Crippen LogP contribution in [0, 0.1) is 0 Å². The fraction of sp³-hybridized carbons (Fsp3) is 0.423. The number of Topliss-reactive ketones (excluding diaryl/α,β-unsaturated/α-hetero) is 1. The highest BCUT2D eigenvalue weighted by Gasteiger charge is 2.31. The van der Waals surface area contributed by atoms with Crippen molar-refractivity contribution in [2.45, 2.75) is 58.2 Å². The predicted molar refractivity (Wildman–Crippen MR) is 140 cm³/mol. The maximum atomic E-state index is 13.6. The smallest absolute Gasteiger partial charge is 0.244 e. The van der Waals surface area contributed by atoms with Gasteiger partial charge in [-0.15, -0.1) is 0 Å². The van der Waals surface area contributed by atoms with Gasteiger partial charge >= 0.3 is 0 Å². The van der Waals surface area contributed by atoms with Crippen molar-refractivity contribution in [1.82, 2.24) is 10.2 Å². The second-order valence-electron chi connectivity index (χ2n) is 9.19. The molecule has 0 heterocycles. The summed E-state index contributed by atoms with van der Waals surface area (Å²) in [4.78, 5) is 39.9. The average Bonchev–Trinajstić information content (AvgIpc) is 3.34. The standard InChI is InChI=1S/C26H32ClN3O5S/c1-18(26(33)28-23-8-4-5-9-23)29(16-20-11-13-22(27)14-12-20)25(32)17-30(36(3,34)35)24-10-6-7-21(15-24)19(2)31/h6-7,10-15,18,23H,4-5,8-9,16-17H2,1-3H3,(H,28,33)/t18-/m0/s1. The first-order valence-corrected chi connectivity index (χ1v) is 14.1. The van der Waals surface area contributed by atoms with Gasteiger partial charge in [-0.05, 0) is 56.5 Å². The van der Waals surface area contributed by atoms with E-state index >= 15 is 0 Å². The summed E-state index contributed by atoms with van der Waals surface area (Å²) in [7, 11) is -3.88. The number of anilines is 1. The summed E-state index contributed by atoms with van der Waals surface area (Å²) in [6.07, 6.45) is 4.90. The second kappa shape index (κ2) is 11.9. The minimum absolute atomic E-state index is 0.0780. The summed E-state index contributed by atoms with van der Waals surface area (Å²) in [5.41, 5.74) is 1.28. The summed E-state index contributed by atoms with van der Waals surface area (Å²) >= 11 is 6.00. The molecule has 2 aromatic rings. The quantitative estimate of drug-likeness (QED) is 0.468. The molecule has 194 valence electrons. The maximum Gasteiger partial charge on any atom is 0.244 e. The number of sulfonamides is 1. The molecule has 0 saturated heterocycles. The zero-order valence-corrected chi connectivity index (χ0v) is 22.3. The third-order valence-electron chi connectivity index (χ3n) is 6.35. The average molecular weight is 534 g/mol. The zero-order chi connectivity index (χ0) is 26.5. The minimum atomic E-state index is -3.88. The highest BCUT2D eigenvalue weighted by Crippen LogP contribution is 2.22. The largest absolute Gasteiger partial charge is 0.352 e. The second-order valence-corrected chi connectivity index (χ2v) is 11.5. The van der Waals surface area contributed by atoms with Crippen molar-refractivity contribution in [2.24, 2.45) is 0 Å². The molecular weight excluding hydrogens is 502 g/mol. The Hall–Kier alpha value is -2.91. The minimum Gasteiger partial charge on any atom is -0.352 e. The van der Waals surface area contributed by atoms with E-state index in [1.165, 1.54) is 24.0 Å². The molecule has 0 bridgehead atoms. The number of carbonyl (C=O) groups excluding carboxylic acids is 3. The van der Waals surface area contributed by atoms with Gasteiger partial charge in [-0.2, -0.15) is 0 Å². The van der Waals surface area contributed by atoms with E-state index in [1.54, 1.807) is 43.3 Å². The van der Waals surface area contributed by atoms with Crippen LogP contribution in [0.15, 0.2) is 48.5 Å². The molecule has 0 unspecified atom stereocenters. The first-order valence-electron chi connectivity index (χ1n) is 11.9. The fourth-order valence-electron chi connectivity index (χ4n) is 4.25. The Morgan fingerprint density at radius 2 is 1.72 bits per heavy atom. The van der Waals surface area contributed by atoms with Crippen LogP contribution in [0.25, 0.3) is 0 Å². The van der Waals surface area contributed by atoms with Gasteiger partial charge in [0.15, 0.2) is 5.78 Å². The Labute approximate surface area is 217 Å². The lowest BCUT2D eigenvalue weighted by Gasteiger charge is -2.32. The molecule has 1 atom stereocenters. The third-order valence-corrected chi connectivity index (χ3v) is 7.75. The molecular formula is C26H32ClN3O5S. The Morgan fingerprint density at radius 1 is 1.08 bits per heavy atom. The van der Waals surface area contributed by atoms with Crippen LogP contribution in [0.3, 0.4) is 0 Å². The highest BCUT2D eigenvalue weighted by molar-refractivity contribution is 7.92. The first-order chi connectivity index (χ1) is 17.0. The van der Waals surface area contributed by atoms with Gasteiger partial charge in [0.2, 0.25) is 21.8 Å². The van der Waals surface area contributed by atoms with Crippen molar-refractivity contribution < 1.29 is 22.8 Å². The Kier molecular flexibility index (Phi) is 9.13. The molecule has 1 aliphatic carbocycles. The third kappa shape index (κ3) is 7.30. The predicted octanol–water partition coefficient (Wildman–Crippen LogP) is 3.78. The molecule has 0 aliphatic heterocycles. The first kappa shape index (κ1) is 27.7. The van der Waals surface area contributed by atoms with Crippen LogP contribution in [0.4, 0.5) is 5.69 Å². The van der Waals surface area contributed by atoms with Crippen LogP contribution < -0.4 is 9.62 Å². The van der Waals surface area contributed by atoms with Crippen LogP contribution in [0.1, 0.15) is 55.5 Å². The lowest BCUT2D eigenvalue weighted by Crippen LogP contribution is -2.52. The van der Waals surface area contributed by atoms with Crippen molar-refractivity contribution in [2.75, 3.05) is 17.1 Å². The van der Waals surface area contributed by atoms with Crippen molar-refractivity contribution in [3.8, 4) is 0 Å². The molecule has 1 fully saturated rings. The van der Waals surface area contributed by atoms with Crippen molar-refractivity contribution in [3.63, 3.8) is 0 Å². The molecule has 1 N–H and O–H groups in total. The molecule has 2 aromatic carbocycles. The fourth-order valence-corrected chi connectivity index (χ4v) is 5.22. The SMILES string of the molecule is CC(=O)c1cccc(N(CC(=O)N(Cc2ccc(Cl)cc2)[C@@H](C)C(=O)NC2CCCC2)S(C)(=O)=O)c1. The number of ketones is 1. The molecule has 3 rings (SSSR count).